The molecule has 5 N–H and O–H groups in total. The van der Waals surface area contributed by atoms with E-state index in [0.29, 0.717) is 18.1 Å². The summed E-state index contributed by atoms with van der Waals surface area (Å²) < 4.78 is 0. The largest absolute Gasteiger partial charge is 0.387 e. The summed E-state index contributed by atoms with van der Waals surface area (Å²) in [7, 11) is 0. The summed E-state index contributed by atoms with van der Waals surface area (Å²) in [5.41, 5.74) is 17.5. The number of nitrogens with zero attached hydrogens (tertiary/aromatic N) is 3. The average Bonchev–Trinajstić information content (AvgIpc) is 2.78. The second-order valence-corrected chi connectivity index (χ2v) is 6.98. The van der Waals surface area contributed by atoms with Crippen LogP contribution >= 0.6 is 0 Å². The van der Waals surface area contributed by atoms with Gasteiger partial charge in [0.05, 0.1) is 17.0 Å². The minimum absolute atomic E-state index is 0.0152. The second-order valence-electron chi connectivity index (χ2n) is 6.98. The van der Waals surface area contributed by atoms with Gasteiger partial charge in [0, 0.05) is 29.3 Å². The number of amidine groups is 2. The van der Waals surface area contributed by atoms with Gasteiger partial charge in [-0.05, 0) is 30.2 Å². The van der Waals surface area contributed by atoms with Crippen LogP contribution in [-0.2, 0) is 6.54 Å². The molecule has 0 spiro atoms. The minimum Gasteiger partial charge on any atom is -0.387 e. The van der Waals surface area contributed by atoms with Gasteiger partial charge in [-0.2, -0.15) is 0 Å². The van der Waals surface area contributed by atoms with Crippen molar-refractivity contribution in [3.63, 3.8) is 0 Å². The highest BCUT2D eigenvalue weighted by Gasteiger charge is 2.15. The van der Waals surface area contributed by atoms with Gasteiger partial charge in [0.25, 0.3) is 0 Å². The van der Waals surface area contributed by atoms with Gasteiger partial charge in [-0.1, -0.05) is 54.6 Å². The lowest BCUT2D eigenvalue weighted by Crippen LogP contribution is -2.10. The maximum atomic E-state index is 8.31. The molecule has 0 saturated heterocycles. The van der Waals surface area contributed by atoms with E-state index in [0.717, 1.165) is 38.9 Å². The first-order chi connectivity index (χ1) is 14.6. The lowest BCUT2D eigenvalue weighted by Gasteiger charge is -2.13. The quantitative estimate of drug-likeness (QED) is 0.357. The van der Waals surface area contributed by atoms with Gasteiger partial charge in [0.1, 0.15) is 5.69 Å². The lowest BCUT2D eigenvalue weighted by atomic mass is 9.96. The maximum absolute atomic E-state index is 8.31. The van der Waals surface area contributed by atoms with Crippen LogP contribution in [0.25, 0.3) is 33.3 Å². The zero-order valence-corrected chi connectivity index (χ0v) is 16.6. The van der Waals surface area contributed by atoms with Gasteiger partial charge in [-0.3, -0.25) is 10.4 Å². The Balaban J connectivity index is 1.99. The molecular weight excluding hydrogens is 372 g/mol. The molecule has 30 heavy (non-hydrogen) atoms. The molecule has 0 saturated carbocycles. The summed E-state index contributed by atoms with van der Waals surface area (Å²) in [4.78, 5) is 13.4. The molecule has 2 heterocycles. The van der Waals surface area contributed by atoms with E-state index >= 15 is 0 Å². The normalized spacial score (nSPS) is 11.6. The summed E-state index contributed by atoms with van der Waals surface area (Å²) >= 11 is 0. The molecule has 0 unspecified atom stereocenters. The standard InChI is InChI=1S/C24H22N6/c1-15(26)29-24(27)23-20-13-19(17-5-3-2-4-6-17)22(30-21(20)11-12-28-23)18-9-7-16(14-25)8-10-18/h2-13H,14,25H2,1H3,(H3,26,27,29). The number of pyridine rings is 2. The first-order valence-corrected chi connectivity index (χ1v) is 9.61. The lowest BCUT2D eigenvalue weighted by molar-refractivity contribution is 1.07. The van der Waals surface area contributed by atoms with Crippen molar-refractivity contribution >= 4 is 22.6 Å². The van der Waals surface area contributed by atoms with Crippen LogP contribution in [0, 0.1) is 5.41 Å². The Morgan fingerprint density at radius 1 is 1.00 bits per heavy atom. The smallest absolute Gasteiger partial charge is 0.173 e. The number of aromatic nitrogens is 2. The third-order valence-electron chi connectivity index (χ3n) is 4.80. The number of hydrogen-bond acceptors (Lipinski definition) is 4. The van der Waals surface area contributed by atoms with Crippen molar-refractivity contribution in [2.24, 2.45) is 16.5 Å². The minimum atomic E-state index is 0.0152. The highest BCUT2D eigenvalue weighted by Crippen LogP contribution is 2.34. The molecular formula is C24H22N6. The molecule has 0 bridgehead atoms. The summed E-state index contributed by atoms with van der Waals surface area (Å²) in [6, 6.07) is 22.0. The monoisotopic (exact) mass is 394 g/mol. The van der Waals surface area contributed by atoms with Crippen molar-refractivity contribution in [2.75, 3.05) is 0 Å². The third-order valence-corrected chi connectivity index (χ3v) is 4.80. The van der Waals surface area contributed by atoms with Gasteiger partial charge in [0.2, 0.25) is 0 Å². The fourth-order valence-corrected chi connectivity index (χ4v) is 3.37. The molecule has 148 valence electrons. The molecule has 0 amide bonds. The van der Waals surface area contributed by atoms with Gasteiger partial charge >= 0.3 is 0 Å². The Morgan fingerprint density at radius 2 is 1.73 bits per heavy atom. The molecule has 0 aliphatic rings. The molecule has 0 aliphatic heterocycles. The molecule has 2 aromatic heterocycles. The molecule has 2 aromatic carbocycles. The van der Waals surface area contributed by atoms with Crippen LogP contribution in [0.5, 0.6) is 0 Å². The number of fused-ring (bicyclic) bond motifs is 1. The third kappa shape index (κ3) is 3.81. The summed E-state index contributed by atoms with van der Waals surface area (Å²) in [5, 5.41) is 9.07. The number of nitrogens with one attached hydrogen (secondary N) is 1. The van der Waals surface area contributed by atoms with E-state index in [9.17, 15) is 0 Å². The Labute approximate surface area is 174 Å². The van der Waals surface area contributed by atoms with E-state index in [2.05, 4.69) is 9.98 Å². The van der Waals surface area contributed by atoms with Crippen LogP contribution in [0.1, 0.15) is 18.2 Å². The molecule has 6 heteroatoms. The molecule has 4 rings (SSSR count). The number of nitrogens with two attached hydrogens (primary N) is 2. The first kappa shape index (κ1) is 19.4. The van der Waals surface area contributed by atoms with Crippen LogP contribution in [0.15, 0.2) is 77.9 Å². The first-order valence-electron chi connectivity index (χ1n) is 9.61. The molecule has 6 nitrogen and oxygen atoms in total. The summed E-state index contributed by atoms with van der Waals surface area (Å²) in [5.74, 6) is 0.327. The average molecular weight is 394 g/mol. The SMILES string of the molecule is CC(N)=NC(=N)c1nccc2nc(-c3ccc(CN)cc3)c(-c3ccccc3)cc12. The van der Waals surface area contributed by atoms with E-state index in [4.69, 9.17) is 21.9 Å². The molecule has 4 aromatic rings. The Kier molecular flexibility index (Phi) is 5.32. The van der Waals surface area contributed by atoms with E-state index in [1.54, 1.807) is 13.1 Å². The number of rotatable bonds is 4. The van der Waals surface area contributed by atoms with Crippen LogP contribution in [-0.4, -0.2) is 21.6 Å². The highest BCUT2D eigenvalue weighted by atomic mass is 14.9. The number of hydrogen-bond donors (Lipinski definition) is 3. The predicted molar refractivity (Wildman–Crippen MR) is 122 cm³/mol. The zero-order valence-electron chi connectivity index (χ0n) is 16.6. The van der Waals surface area contributed by atoms with Crippen LogP contribution in [0.2, 0.25) is 0 Å². The van der Waals surface area contributed by atoms with Crippen molar-refractivity contribution in [3.8, 4) is 22.4 Å². The molecule has 0 radical (unpaired) electrons. The van der Waals surface area contributed by atoms with E-state index in [1.807, 2.05) is 66.7 Å². The Hall–Kier alpha value is -3.90. The van der Waals surface area contributed by atoms with Gasteiger partial charge in [0.15, 0.2) is 5.84 Å². The van der Waals surface area contributed by atoms with Crippen molar-refractivity contribution in [1.29, 1.82) is 5.41 Å². The fraction of sp³-hybridized carbons (Fsp3) is 0.0833. The fourth-order valence-electron chi connectivity index (χ4n) is 3.37. The molecule has 0 fully saturated rings. The number of aliphatic imine (C=N–C) groups is 1. The van der Waals surface area contributed by atoms with Crippen LogP contribution in [0.3, 0.4) is 0 Å². The van der Waals surface area contributed by atoms with Crippen LogP contribution in [0.4, 0.5) is 0 Å². The van der Waals surface area contributed by atoms with Crippen molar-refractivity contribution in [2.45, 2.75) is 13.5 Å². The van der Waals surface area contributed by atoms with E-state index in [1.165, 1.54) is 0 Å². The van der Waals surface area contributed by atoms with Crippen molar-refractivity contribution in [1.82, 2.24) is 9.97 Å². The second kappa shape index (κ2) is 8.23. The number of benzene rings is 2. The van der Waals surface area contributed by atoms with Gasteiger partial charge < -0.3 is 11.5 Å². The van der Waals surface area contributed by atoms with E-state index in [-0.39, 0.29) is 5.84 Å². The topological polar surface area (TPSA) is 114 Å². The maximum Gasteiger partial charge on any atom is 0.173 e. The predicted octanol–water partition coefficient (Wildman–Crippen LogP) is 4.12. The molecule has 0 atom stereocenters. The Morgan fingerprint density at radius 3 is 2.40 bits per heavy atom. The van der Waals surface area contributed by atoms with Gasteiger partial charge in [-0.15, -0.1) is 0 Å². The van der Waals surface area contributed by atoms with E-state index < -0.39 is 0 Å². The highest BCUT2D eigenvalue weighted by molar-refractivity contribution is 6.11. The summed E-state index contributed by atoms with van der Waals surface area (Å²) in [6.07, 6.45) is 1.64. The van der Waals surface area contributed by atoms with Gasteiger partial charge in [-0.25, -0.2) is 9.98 Å². The molecule has 0 aliphatic carbocycles. The van der Waals surface area contributed by atoms with Crippen LogP contribution < -0.4 is 11.5 Å². The van der Waals surface area contributed by atoms with Crippen molar-refractivity contribution < 1.29 is 0 Å². The Bertz CT molecular complexity index is 1240. The zero-order chi connectivity index (χ0) is 21.1. The van der Waals surface area contributed by atoms with Crippen molar-refractivity contribution in [3.05, 3.63) is 84.2 Å². The summed E-state index contributed by atoms with van der Waals surface area (Å²) in [6.45, 7) is 2.14.